The van der Waals surface area contributed by atoms with Crippen LogP contribution in [0.4, 0.5) is 0 Å². The lowest BCUT2D eigenvalue weighted by Crippen LogP contribution is -2.27. The molecular formula is C16H24N2O2. The Bertz CT molecular complexity index is 427. The Balaban J connectivity index is 1.47. The standard InChI is InChI=1S/C16H24N2O2/c1-17-10-13-4-5-14(11-18-13)19-12-15-6-9-16(20-15)7-2-3-8-16/h4-5,11,15,17H,2-3,6-10,12H2,1H3. The van der Waals surface area contributed by atoms with Crippen molar-refractivity contribution in [2.45, 2.75) is 56.8 Å². The SMILES string of the molecule is CNCc1ccc(OCC2CCC3(CCCC3)O2)cn1. The number of pyridine rings is 1. The minimum absolute atomic E-state index is 0.197. The number of aromatic nitrogens is 1. The fraction of sp³-hybridized carbons (Fsp3) is 0.688. The minimum atomic E-state index is 0.197. The average Bonchev–Trinajstić information content (AvgIpc) is 3.09. The van der Waals surface area contributed by atoms with Crippen molar-refractivity contribution < 1.29 is 9.47 Å². The molecule has 2 heterocycles. The Morgan fingerprint density at radius 2 is 2.20 bits per heavy atom. The highest BCUT2D eigenvalue weighted by Crippen LogP contribution is 2.43. The summed E-state index contributed by atoms with van der Waals surface area (Å²) in [6, 6.07) is 3.99. The van der Waals surface area contributed by atoms with Gasteiger partial charge in [-0.05, 0) is 44.9 Å². The lowest BCUT2D eigenvalue weighted by molar-refractivity contribution is -0.0509. The molecule has 0 amide bonds. The van der Waals surface area contributed by atoms with Crippen molar-refractivity contribution in [3.8, 4) is 5.75 Å². The topological polar surface area (TPSA) is 43.4 Å². The molecule has 2 aliphatic rings. The van der Waals surface area contributed by atoms with E-state index < -0.39 is 0 Å². The lowest BCUT2D eigenvalue weighted by atomic mass is 9.98. The van der Waals surface area contributed by atoms with E-state index >= 15 is 0 Å². The van der Waals surface area contributed by atoms with Gasteiger partial charge in [-0.1, -0.05) is 12.8 Å². The molecule has 0 radical (unpaired) electrons. The maximum Gasteiger partial charge on any atom is 0.137 e. The smallest absolute Gasteiger partial charge is 0.137 e. The number of nitrogens with zero attached hydrogens (tertiary/aromatic N) is 1. The van der Waals surface area contributed by atoms with Gasteiger partial charge in [0.15, 0.2) is 0 Å². The third-order valence-electron chi connectivity index (χ3n) is 4.44. The molecule has 1 unspecified atom stereocenters. The zero-order valence-electron chi connectivity index (χ0n) is 12.2. The quantitative estimate of drug-likeness (QED) is 0.898. The predicted molar refractivity (Wildman–Crippen MR) is 77.8 cm³/mol. The van der Waals surface area contributed by atoms with Crippen molar-refractivity contribution in [3.05, 3.63) is 24.0 Å². The molecule has 1 aliphatic carbocycles. The van der Waals surface area contributed by atoms with Crippen LogP contribution >= 0.6 is 0 Å². The number of hydrogen-bond donors (Lipinski definition) is 1. The highest BCUT2D eigenvalue weighted by Gasteiger charge is 2.42. The first kappa shape index (κ1) is 13.8. The third-order valence-corrected chi connectivity index (χ3v) is 4.44. The van der Waals surface area contributed by atoms with Crippen LogP contribution in [0.25, 0.3) is 0 Å². The molecule has 0 bridgehead atoms. The van der Waals surface area contributed by atoms with Crippen LogP contribution in [0.3, 0.4) is 0 Å². The highest BCUT2D eigenvalue weighted by atomic mass is 16.6. The first-order valence-electron chi connectivity index (χ1n) is 7.70. The Kier molecular flexibility index (Phi) is 4.22. The highest BCUT2D eigenvalue weighted by molar-refractivity contribution is 5.19. The van der Waals surface area contributed by atoms with E-state index in [1.54, 1.807) is 6.20 Å². The number of hydrogen-bond acceptors (Lipinski definition) is 4. The summed E-state index contributed by atoms with van der Waals surface area (Å²) < 4.78 is 12.1. The summed E-state index contributed by atoms with van der Waals surface area (Å²) in [6.45, 7) is 1.43. The van der Waals surface area contributed by atoms with Gasteiger partial charge in [0.25, 0.3) is 0 Å². The van der Waals surface area contributed by atoms with Crippen LogP contribution in [0, 0.1) is 0 Å². The molecule has 4 heteroatoms. The fourth-order valence-corrected chi connectivity index (χ4v) is 3.37. The maximum atomic E-state index is 6.24. The van der Waals surface area contributed by atoms with Crippen molar-refractivity contribution in [1.29, 1.82) is 0 Å². The van der Waals surface area contributed by atoms with Gasteiger partial charge in [0, 0.05) is 6.54 Å². The van der Waals surface area contributed by atoms with Crippen LogP contribution in [0.5, 0.6) is 5.75 Å². The average molecular weight is 276 g/mol. The van der Waals surface area contributed by atoms with E-state index in [1.807, 2.05) is 19.2 Å². The van der Waals surface area contributed by atoms with Gasteiger partial charge >= 0.3 is 0 Å². The van der Waals surface area contributed by atoms with E-state index in [4.69, 9.17) is 9.47 Å². The molecule has 0 aromatic carbocycles. The van der Waals surface area contributed by atoms with Crippen LogP contribution in [0.2, 0.25) is 0 Å². The summed E-state index contributed by atoms with van der Waals surface area (Å²) in [6.07, 6.45) is 9.52. The molecular weight excluding hydrogens is 252 g/mol. The molecule has 1 aromatic heterocycles. The normalized spacial score (nSPS) is 24.4. The van der Waals surface area contributed by atoms with Gasteiger partial charge in [-0.25, -0.2) is 0 Å². The Morgan fingerprint density at radius 3 is 2.90 bits per heavy atom. The summed E-state index contributed by atoms with van der Waals surface area (Å²) in [4.78, 5) is 4.36. The van der Waals surface area contributed by atoms with Gasteiger partial charge in [-0.2, -0.15) is 0 Å². The van der Waals surface area contributed by atoms with E-state index in [9.17, 15) is 0 Å². The second-order valence-corrected chi connectivity index (χ2v) is 6.00. The largest absolute Gasteiger partial charge is 0.489 e. The number of nitrogens with one attached hydrogen (secondary N) is 1. The molecule has 2 fully saturated rings. The fourth-order valence-electron chi connectivity index (χ4n) is 3.37. The molecule has 1 atom stereocenters. The van der Waals surface area contributed by atoms with Gasteiger partial charge in [-0.15, -0.1) is 0 Å². The first-order chi connectivity index (χ1) is 9.80. The van der Waals surface area contributed by atoms with E-state index in [2.05, 4.69) is 10.3 Å². The van der Waals surface area contributed by atoms with E-state index in [1.165, 1.54) is 32.1 Å². The number of ether oxygens (including phenoxy) is 2. The molecule has 1 saturated carbocycles. The van der Waals surface area contributed by atoms with E-state index in [0.29, 0.717) is 6.61 Å². The second-order valence-electron chi connectivity index (χ2n) is 6.00. The molecule has 3 rings (SSSR count). The molecule has 1 spiro atoms. The summed E-state index contributed by atoms with van der Waals surface area (Å²) in [5.41, 5.74) is 1.23. The minimum Gasteiger partial charge on any atom is -0.489 e. The van der Waals surface area contributed by atoms with Crippen molar-refractivity contribution in [2.75, 3.05) is 13.7 Å². The Morgan fingerprint density at radius 1 is 1.35 bits per heavy atom. The van der Waals surface area contributed by atoms with Crippen molar-refractivity contribution in [1.82, 2.24) is 10.3 Å². The molecule has 1 saturated heterocycles. The summed E-state index contributed by atoms with van der Waals surface area (Å²) in [5, 5.41) is 3.08. The molecule has 4 nitrogen and oxygen atoms in total. The van der Waals surface area contributed by atoms with Crippen LogP contribution in [-0.2, 0) is 11.3 Å². The van der Waals surface area contributed by atoms with Gasteiger partial charge in [0.2, 0.25) is 0 Å². The lowest BCUT2D eigenvalue weighted by Gasteiger charge is -2.23. The summed E-state index contributed by atoms with van der Waals surface area (Å²) >= 11 is 0. The Hall–Kier alpha value is -1.13. The van der Waals surface area contributed by atoms with Crippen molar-refractivity contribution in [3.63, 3.8) is 0 Å². The first-order valence-corrected chi connectivity index (χ1v) is 7.70. The van der Waals surface area contributed by atoms with Crippen LogP contribution in [-0.4, -0.2) is 30.3 Å². The summed E-state index contributed by atoms with van der Waals surface area (Å²) in [5.74, 6) is 0.834. The van der Waals surface area contributed by atoms with Crippen molar-refractivity contribution >= 4 is 0 Å². The third kappa shape index (κ3) is 3.13. The van der Waals surface area contributed by atoms with Gasteiger partial charge in [0.1, 0.15) is 12.4 Å². The van der Waals surface area contributed by atoms with E-state index in [-0.39, 0.29) is 11.7 Å². The van der Waals surface area contributed by atoms with Crippen molar-refractivity contribution in [2.24, 2.45) is 0 Å². The zero-order chi connectivity index (χ0) is 13.8. The Labute approximate surface area is 120 Å². The molecule has 110 valence electrons. The van der Waals surface area contributed by atoms with Crippen LogP contribution in [0.1, 0.15) is 44.2 Å². The van der Waals surface area contributed by atoms with Crippen LogP contribution < -0.4 is 10.1 Å². The maximum absolute atomic E-state index is 6.24. The van der Waals surface area contributed by atoms with Gasteiger partial charge in [0.05, 0.1) is 23.6 Å². The zero-order valence-corrected chi connectivity index (χ0v) is 12.2. The summed E-state index contributed by atoms with van der Waals surface area (Å²) in [7, 11) is 1.92. The van der Waals surface area contributed by atoms with Gasteiger partial charge in [-0.3, -0.25) is 4.98 Å². The molecule has 1 aromatic rings. The second kappa shape index (κ2) is 6.10. The molecule has 1 aliphatic heterocycles. The van der Waals surface area contributed by atoms with Gasteiger partial charge < -0.3 is 14.8 Å². The van der Waals surface area contributed by atoms with Crippen LogP contribution in [0.15, 0.2) is 18.3 Å². The predicted octanol–water partition coefficient (Wildman–Crippen LogP) is 2.67. The number of rotatable bonds is 5. The van der Waals surface area contributed by atoms with E-state index in [0.717, 1.165) is 24.4 Å². The molecule has 20 heavy (non-hydrogen) atoms. The molecule has 1 N–H and O–H groups in total. The monoisotopic (exact) mass is 276 g/mol.